The van der Waals surface area contributed by atoms with E-state index in [1.54, 1.807) is 12.1 Å². The van der Waals surface area contributed by atoms with E-state index < -0.39 is 11.7 Å². The molecule has 0 saturated carbocycles. The van der Waals surface area contributed by atoms with E-state index in [4.69, 9.17) is 0 Å². The quantitative estimate of drug-likeness (QED) is 0.688. The average Bonchev–Trinajstić information content (AvgIpc) is 1.99. The first-order valence-electron chi connectivity index (χ1n) is 4.60. The summed E-state index contributed by atoms with van der Waals surface area (Å²) in [5, 5.41) is -0.0512. The molecule has 0 aliphatic heterocycles. The Morgan fingerprint density at radius 2 is 1.53 bits per heavy atom. The zero-order chi connectivity index (χ0) is 11.8. The Hall–Kier alpha value is -0.640. The van der Waals surface area contributed by atoms with Crippen LogP contribution in [0.3, 0.4) is 0 Å². The van der Waals surface area contributed by atoms with E-state index in [9.17, 15) is 13.2 Å². The molecule has 84 valence electrons. The molecule has 1 rings (SSSR count). The largest absolute Gasteiger partial charge is 0.416 e. The molecule has 1 aromatic carbocycles. The number of hydrogen-bond donors (Lipinski definition) is 1. The second kappa shape index (κ2) is 4.08. The molecule has 0 saturated heterocycles. The van der Waals surface area contributed by atoms with Crippen LogP contribution in [0.15, 0.2) is 12.1 Å². The highest BCUT2D eigenvalue weighted by Crippen LogP contribution is 2.36. The van der Waals surface area contributed by atoms with Crippen molar-refractivity contribution in [3.8, 4) is 0 Å². The molecule has 4 heteroatoms. The first kappa shape index (κ1) is 12.4. The summed E-state index contributed by atoms with van der Waals surface area (Å²) in [5.74, 6) is 0. The van der Waals surface area contributed by atoms with Gasteiger partial charge in [-0.05, 0) is 37.5 Å². The summed E-state index contributed by atoms with van der Waals surface area (Å²) in [6.07, 6.45) is -4.27. The van der Waals surface area contributed by atoms with Gasteiger partial charge in [-0.2, -0.15) is 25.8 Å². The molecule has 0 aliphatic rings. The fraction of sp³-hybridized carbons (Fsp3) is 0.455. The molecule has 0 fully saturated rings. The van der Waals surface area contributed by atoms with Crippen LogP contribution < -0.4 is 0 Å². The minimum absolute atomic E-state index is 0.0512. The van der Waals surface area contributed by atoms with Crippen molar-refractivity contribution in [1.29, 1.82) is 0 Å². The number of hydrogen-bond acceptors (Lipinski definition) is 1. The van der Waals surface area contributed by atoms with Gasteiger partial charge in [0.2, 0.25) is 0 Å². The predicted octanol–water partition coefficient (Wildman–Crippen LogP) is 4.31. The van der Waals surface area contributed by atoms with Crippen LogP contribution in [-0.4, -0.2) is 0 Å². The Balaban J connectivity index is 3.34. The predicted molar refractivity (Wildman–Crippen MR) is 58.3 cm³/mol. The van der Waals surface area contributed by atoms with Crippen LogP contribution in [0.25, 0.3) is 0 Å². The van der Waals surface area contributed by atoms with Crippen LogP contribution >= 0.6 is 12.6 Å². The van der Waals surface area contributed by atoms with Crippen LogP contribution in [0.1, 0.15) is 34.4 Å². The van der Waals surface area contributed by atoms with Crippen LogP contribution in [0.2, 0.25) is 0 Å². The van der Waals surface area contributed by atoms with Crippen molar-refractivity contribution in [3.05, 3.63) is 34.4 Å². The van der Waals surface area contributed by atoms with E-state index in [2.05, 4.69) is 12.6 Å². The first-order chi connectivity index (χ1) is 6.73. The summed E-state index contributed by atoms with van der Waals surface area (Å²) in [6, 6.07) is 3.10. The van der Waals surface area contributed by atoms with E-state index in [0.717, 1.165) is 5.56 Å². The van der Waals surface area contributed by atoms with Crippen molar-refractivity contribution in [1.82, 2.24) is 0 Å². The van der Waals surface area contributed by atoms with Gasteiger partial charge in [0.15, 0.2) is 0 Å². The van der Waals surface area contributed by atoms with E-state index in [1.807, 2.05) is 6.92 Å². The minimum Gasteiger partial charge on any atom is -0.171 e. The van der Waals surface area contributed by atoms with E-state index in [1.165, 1.54) is 13.8 Å². The topological polar surface area (TPSA) is 0 Å². The number of alkyl halides is 3. The van der Waals surface area contributed by atoms with Gasteiger partial charge in [0.05, 0.1) is 5.56 Å². The van der Waals surface area contributed by atoms with Gasteiger partial charge < -0.3 is 0 Å². The third-order valence-corrected chi connectivity index (χ3v) is 2.62. The lowest BCUT2D eigenvalue weighted by Crippen LogP contribution is -2.10. The van der Waals surface area contributed by atoms with Gasteiger partial charge in [0.1, 0.15) is 0 Å². The van der Waals surface area contributed by atoms with Gasteiger partial charge in [0.25, 0.3) is 0 Å². The Kier molecular flexibility index (Phi) is 3.38. The molecule has 1 atom stereocenters. The first-order valence-corrected chi connectivity index (χ1v) is 5.11. The molecule has 0 amide bonds. The molecular formula is C11H13F3S. The van der Waals surface area contributed by atoms with Crippen molar-refractivity contribution in [2.45, 2.75) is 32.2 Å². The number of thiol groups is 1. The van der Waals surface area contributed by atoms with Crippen molar-refractivity contribution in [2.75, 3.05) is 0 Å². The van der Waals surface area contributed by atoms with Crippen LogP contribution in [0.4, 0.5) is 13.2 Å². The Bertz CT molecular complexity index is 344. The highest BCUT2D eigenvalue weighted by Gasteiger charge is 2.34. The number of halogens is 3. The molecule has 15 heavy (non-hydrogen) atoms. The van der Waals surface area contributed by atoms with Gasteiger partial charge >= 0.3 is 6.18 Å². The number of rotatable bonds is 1. The van der Waals surface area contributed by atoms with Gasteiger partial charge in [-0.25, -0.2) is 0 Å². The molecule has 0 aliphatic carbocycles. The van der Waals surface area contributed by atoms with E-state index in [-0.39, 0.29) is 16.4 Å². The van der Waals surface area contributed by atoms with Crippen LogP contribution in [0, 0.1) is 13.8 Å². The normalized spacial score (nSPS) is 14.1. The smallest absolute Gasteiger partial charge is 0.171 e. The third-order valence-electron chi connectivity index (χ3n) is 2.32. The summed E-state index contributed by atoms with van der Waals surface area (Å²) in [6.45, 7) is 4.80. The second-order valence-corrected chi connectivity index (χ2v) is 4.48. The van der Waals surface area contributed by atoms with Crippen LogP contribution in [0.5, 0.6) is 0 Å². The Labute approximate surface area is 92.9 Å². The van der Waals surface area contributed by atoms with Crippen molar-refractivity contribution < 1.29 is 13.2 Å². The maximum atomic E-state index is 12.6. The molecule has 0 aromatic heterocycles. The molecular weight excluding hydrogens is 221 g/mol. The fourth-order valence-electron chi connectivity index (χ4n) is 1.69. The minimum atomic E-state index is -4.27. The summed E-state index contributed by atoms with van der Waals surface area (Å²) < 4.78 is 37.9. The third kappa shape index (κ3) is 2.68. The SMILES string of the molecule is Cc1cc(C(C)S)cc(C)c1C(F)(F)F. The lowest BCUT2D eigenvalue weighted by Gasteiger charge is -2.16. The van der Waals surface area contributed by atoms with Crippen LogP contribution in [-0.2, 0) is 6.18 Å². The molecule has 0 radical (unpaired) electrons. The molecule has 1 aromatic rings. The highest BCUT2D eigenvalue weighted by molar-refractivity contribution is 7.80. The second-order valence-electron chi connectivity index (χ2n) is 3.70. The van der Waals surface area contributed by atoms with Gasteiger partial charge in [0, 0.05) is 5.25 Å². The number of benzene rings is 1. The van der Waals surface area contributed by atoms with E-state index in [0.29, 0.717) is 0 Å². The molecule has 0 nitrogen and oxygen atoms in total. The Morgan fingerprint density at radius 3 is 1.80 bits per heavy atom. The molecule has 0 N–H and O–H groups in total. The average molecular weight is 234 g/mol. The zero-order valence-corrected chi connectivity index (χ0v) is 9.71. The molecule has 0 bridgehead atoms. The van der Waals surface area contributed by atoms with Crippen molar-refractivity contribution in [2.24, 2.45) is 0 Å². The maximum Gasteiger partial charge on any atom is 0.416 e. The molecule has 1 unspecified atom stereocenters. The standard InChI is InChI=1S/C11H13F3S/c1-6-4-9(8(3)15)5-7(2)10(6)11(12,13)14/h4-5,8,15H,1-3H3. The van der Waals surface area contributed by atoms with Gasteiger partial charge in [-0.15, -0.1) is 0 Å². The lowest BCUT2D eigenvalue weighted by molar-refractivity contribution is -0.138. The van der Waals surface area contributed by atoms with Crippen molar-refractivity contribution in [3.63, 3.8) is 0 Å². The zero-order valence-electron chi connectivity index (χ0n) is 8.81. The number of aryl methyl sites for hydroxylation is 2. The maximum absolute atomic E-state index is 12.6. The summed E-state index contributed by atoms with van der Waals surface area (Å²) >= 11 is 4.21. The lowest BCUT2D eigenvalue weighted by atomic mass is 9.98. The van der Waals surface area contributed by atoms with E-state index >= 15 is 0 Å². The molecule has 0 spiro atoms. The summed E-state index contributed by atoms with van der Waals surface area (Å²) in [4.78, 5) is 0. The van der Waals surface area contributed by atoms with Gasteiger partial charge in [-0.3, -0.25) is 0 Å². The molecule has 0 heterocycles. The summed E-state index contributed by atoms with van der Waals surface area (Å²) in [5.41, 5.74) is 0.818. The van der Waals surface area contributed by atoms with Crippen molar-refractivity contribution >= 4 is 12.6 Å². The Morgan fingerprint density at radius 1 is 1.13 bits per heavy atom. The fourth-order valence-corrected chi connectivity index (χ4v) is 1.83. The highest BCUT2D eigenvalue weighted by atomic mass is 32.1. The van der Waals surface area contributed by atoms with Gasteiger partial charge in [-0.1, -0.05) is 12.1 Å². The summed E-state index contributed by atoms with van der Waals surface area (Å²) in [7, 11) is 0. The monoisotopic (exact) mass is 234 g/mol.